The van der Waals surface area contributed by atoms with Crippen molar-refractivity contribution in [1.29, 1.82) is 0 Å². The average molecular weight is 229 g/mol. The molecule has 1 N–H and O–H groups in total. The zero-order valence-corrected chi connectivity index (χ0v) is 10.7. The smallest absolute Gasteiger partial charge is 0.233 e. The van der Waals surface area contributed by atoms with E-state index in [4.69, 9.17) is 0 Å². The Balaban J connectivity index is 2.20. The summed E-state index contributed by atoms with van der Waals surface area (Å²) in [4.78, 5) is 11.6. The van der Waals surface area contributed by atoms with E-state index >= 15 is 0 Å². The molecule has 15 heavy (non-hydrogen) atoms. The van der Waals surface area contributed by atoms with Gasteiger partial charge in [-0.1, -0.05) is 33.1 Å². The molecule has 1 aliphatic rings. The van der Waals surface area contributed by atoms with Gasteiger partial charge in [-0.2, -0.15) is 12.6 Å². The van der Waals surface area contributed by atoms with Crippen LogP contribution >= 0.6 is 12.6 Å². The largest absolute Gasteiger partial charge is 0.355 e. The number of carbonyl (C=O) groups is 1. The zero-order chi connectivity index (χ0) is 11.3. The lowest BCUT2D eigenvalue weighted by atomic mass is 9.89. The highest BCUT2D eigenvalue weighted by Crippen LogP contribution is 2.22. The lowest BCUT2D eigenvalue weighted by Crippen LogP contribution is -2.37. The number of rotatable bonds is 4. The standard InChI is InChI=1S/C12H23NOS/c1-9(2)11(15)12(14)13-8-10-6-4-3-5-7-10/h9-11,15H,3-8H2,1-2H3,(H,13,14). The van der Waals surface area contributed by atoms with E-state index in [1.54, 1.807) is 0 Å². The molecule has 0 aliphatic heterocycles. The number of amides is 1. The first kappa shape index (κ1) is 12.9. The van der Waals surface area contributed by atoms with Gasteiger partial charge in [-0.05, 0) is 24.7 Å². The Morgan fingerprint density at radius 3 is 2.47 bits per heavy atom. The highest BCUT2D eigenvalue weighted by atomic mass is 32.1. The SMILES string of the molecule is CC(C)C(S)C(=O)NCC1CCCCC1. The van der Waals surface area contributed by atoms with Crippen LogP contribution in [0.3, 0.4) is 0 Å². The third-order valence-corrected chi connectivity index (χ3v) is 4.02. The fraction of sp³-hybridized carbons (Fsp3) is 0.917. The molecular weight excluding hydrogens is 206 g/mol. The summed E-state index contributed by atoms with van der Waals surface area (Å²) in [6.45, 7) is 4.90. The molecule has 0 bridgehead atoms. The maximum atomic E-state index is 11.6. The Bertz CT molecular complexity index is 200. The summed E-state index contributed by atoms with van der Waals surface area (Å²) in [5.41, 5.74) is 0. The molecule has 3 heteroatoms. The molecule has 0 aromatic carbocycles. The van der Waals surface area contributed by atoms with Crippen molar-refractivity contribution in [2.24, 2.45) is 11.8 Å². The van der Waals surface area contributed by atoms with Gasteiger partial charge < -0.3 is 5.32 Å². The molecule has 1 saturated carbocycles. The van der Waals surface area contributed by atoms with Crippen LogP contribution in [0.25, 0.3) is 0 Å². The fourth-order valence-electron chi connectivity index (χ4n) is 2.04. The summed E-state index contributed by atoms with van der Waals surface area (Å²) in [5.74, 6) is 1.11. The molecule has 1 aliphatic carbocycles. The summed E-state index contributed by atoms with van der Waals surface area (Å²) >= 11 is 4.31. The van der Waals surface area contributed by atoms with Crippen molar-refractivity contribution < 1.29 is 4.79 Å². The zero-order valence-electron chi connectivity index (χ0n) is 9.83. The minimum absolute atomic E-state index is 0.0962. The highest BCUT2D eigenvalue weighted by molar-refractivity contribution is 7.81. The first-order valence-electron chi connectivity index (χ1n) is 6.07. The van der Waals surface area contributed by atoms with Gasteiger partial charge in [0.15, 0.2) is 0 Å². The van der Waals surface area contributed by atoms with Crippen LogP contribution in [0.1, 0.15) is 46.0 Å². The maximum absolute atomic E-state index is 11.6. The van der Waals surface area contributed by atoms with Crippen LogP contribution in [0.15, 0.2) is 0 Å². The molecule has 2 nitrogen and oxygen atoms in total. The van der Waals surface area contributed by atoms with Crippen LogP contribution in [0, 0.1) is 11.8 Å². The number of carbonyl (C=O) groups excluding carboxylic acids is 1. The molecule has 0 heterocycles. The lowest BCUT2D eigenvalue weighted by molar-refractivity contribution is -0.121. The van der Waals surface area contributed by atoms with E-state index in [0.29, 0.717) is 11.8 Å². The first-order chi connectivity index (χ1) is 7.11. The van der Waals surface area contributed by atoms with Gasteiger partial charge in [0.05, 0.1) is 5.25 Å². The van der Waals surface area contributed by atoms with Crippen LogP contribution in [0.2, 0.25) is 0 Å². The third-order valence-electron chi connectivity index (χ3n) is 3.19. The highest BCUT2D eigenvalue weighted by Gasteiger charge is 2.19. The fourth-order valence-corrected chi connectivity index (χ4v) is 2.13. The quantitative estimate of drug-likeness (QED) is 0.713. The summed E-state index contributed by atoms with van der Waals surface area (Å²) in [5, 5.41) is 2.86. The van der Waals surface area contributed by atoms with Crippen molar-refractivity contribution in [2.75, 3.05) is 6.54 Å². The van der Waals surface area contributed by atoms with E-state index in [-0.39, 0.29) is 11.2 Å². The summed E-state index contributed by atoms with van der Waals surface area (Å²) < 4.78 is 0. The van der Waals surface area contributed by atoms with Gasteiger partial charge in [-0.15, -0.1) is 0 Å². The first-order valence-corrected chi connectivity index (χ1v) is 6.58. The monoisotopic (exact) mass is 229 g/mol. The van der Waals surface area contributed by atoms with Crippen LogP contribution in [0.4, 0.5) is 0 Å². The molecule has 0 aromatic rings. The summed E-state index contributed by atoms with van der Waals surface area (Å²) in [6, 6.07) is 0. The molecule has 1 atom stereocenters. The molecule has 0 radical (unpaired) electrons. The number of hydrogen-bond donors (Lipinski definition) is 2. The van der Waals surface area contributed by atoms with Gasteiger partial charge in [0.25, 0.3) is 0 Å². The Morgan fingerprint density at radius 1 is 1.33 bits per heavy atom. The lowest BCUT2D eigenvalue weighted by Gasteiger charge is -2.23. The Kier molecular flexibility index (Phi) is 5.51. The molecule has 1 unspecified atom stereocenters. The molecule has 1 amide bonds. The summed E-state index contributed by atoms with van der Waals surface area (Å²) in [6.07, 6.45) is 6.58. The number of nitrogens with one attached hydrogen (secondary N) is 1. The van der Waals surface area contributed by atoms with Crippen molar-refractivity contribution in [3.05, 3.63) is 0 Å². The molecule has 0 spiro atoms. The van der Waals surface area contributed by atoms with E-state index in [2.05, 4.69) is 17.9 Å². The number of thiol groups is 1. The van der Waals surface area contributed by atoms with Crippen LogP contribution in [-0.2, 0) is 4.79 Å². The van der Waals surface area contributed by atoms with Crippen LogP contribution < -0.4 is 5.32 Å². The van der Waals surface area contributed by atoms with Gasteiger partial charge in [0, 0.05) is 6.54 Å². The minimum Gasteiger partial charge on any atom is -0.355 e. The van der Waals surface area contributed by atoms with E-state index in [9.17, 15) is 4.79 Å². The van der Waals surface area contributed by atoms with Gasteiger partial charge in [-0.3, -0.25) is 4.79 Å². The topological polar surface area (TPSA) is 29.1 Å². The molecule has 0 aromatic heterocycles. The second-order valence-electron chi connectivity index (χ2n) is 4.94. The molecule has 88 valence electrons. The minimum atomic E-state index is -0.159. The average Bonchev–Trinajstić information content (AvgIpc) is 2.26. The van der Waals surface area contributed by atoms with Gasteiger partial charge in [0.1, 0.15) is 0 Å². The third kappa shape index (κ3) is 4.45. The van der Waals surface area contributed by atoms with Gasteiger partial charge in [-0.25, -0.2) is 0 Å². The van der Waals surface area contributed by atoms with E-state index in [1.165, 1.54) is 32.1 Å². The maximum Gasteiger partial charge on any atom is 0.233 e. The van der Waals surface area contributed by atoms with Crippen molar-refractivity contribution in [1.82, 2.24) is 5.32 Å². The predicted molar refractivity (Wildman–Crippen MR) is 67.2 cm³/mol. The van der Waals surface area contributed by atoms with E-state index < -0.39 is 0 Å². The predicted octanol–water partition coefficient (Wildman–Crippen LogP) is 2.64. The van der Waals surface area contributed by atoms with Crippen molar-refractivity contribution in [2.45, 2.75) is 51.2 Å². The van der Waals surface area contributed by atoms with E-state index in [1.807, 2.05) is 13.8 Å². The molecule has 1 rings (SSSR count). The molecule has 1 fully saturated rings. The molecular formula is C12H23NOS. The van der Waals surface area contributed by atoms with Crippen LogP contribution in [-0.4, -0.2) is 17.7 Å². The normalized spacial score (nSPS) is 20.3. The van der Waals surface area contributed by atoms with Crippen molar-refractivity contribution >= 4 is 18.5 Å². The number of hydrogen-bond acceptors (Lipinski definition) is 2. The Hall–Kier alpha value is -0.180. The van der Waals surface area contributed by atoms with Gasteiger partial charge >= 0.3 is 0 Å². The van der Waals surface area contributed by atoms with Crippen molar-refractivity contribution in [3.8, 4) is 0 Å². The van der Waals surface area contributed by atoms with E-state index in [0.717, 1.165) is 6.54 Å². The summed E-state index contributed by atoms with van der Waals surface area (Å²) in [7, 11) is 0. The Morgan fingerprint density at radius 2 is 1.93 bits per heavy atom. The van der Waals surface area contributed by atoms with Crippen LogP contribution in [0.5, 0.6) is 0 Å². The Labute approximate surface area is 98.6 Å². The second-order valence-corrected chi connectivity index (χ2v) is 5.49. The van der Waals surface area contributed by atoms with Crippen molar-refractivity contribution in [3.63, 3.8) is 0 Å². The van der Waals surface area contributed by atoms with Gasteiger partial charge in [0.2, 0.25) is 5.91 Å². The second kappa shape index (κ2) is 6.41. The molecule has 0 saturated heterocycles.